The molecule has 1 rings (SSSR count). The van der Waals surface area contributed by atoms with Gasteiger partial charge in [0.2, 0.25) is 0 Å². The van der Waals surface area contributed by atoms with Crippen molar-refractivity contribution < 1.29 is 20.1 Å². The van der Waals surface area contributed by atoms with E-state index in [0.717, 1.165) is 0 Å². The summed E-state index contributed by atoms with van der Waals surface area (Å²) in [6.07, 6.45) is -3.18. The predicted molar refractivity (Wildman–Crippen MR) is 54.0 cm³/mol. The maximum Gasteiger partial charge on any atom is 0.111 e. The Morgan fingerprint density at radius 2 is 1.50 bits per heavy atom. The molecular formula is C10H22O4. The highest BCUT2D eigenvalue weighted by atomic mass is 16.5. The van der Waals surface area contributed by atoms with E-state index >= 15 is 0 Å². The van der Waals surface area contributed by atoms with Gasteiger partial charge in [0.05, 0.1) is 12.2 Å². The first-order valence-electron chi connectivity index (χ1n) is 5.27. The highest BCUT2D eigenvalue weighted by molar-refractivity contribution is 4.89. The first-order chi connectivity index (χ1) is 6.57. The molecular weight excluding hydrogens is 184 g/mol. The van der Waals surface area contributed by atoms with E-state index < -0.39 is 24.4 Å². The molecule has 5 atom stereocenters. The van der Waals surface area contributed by atoms with Crippen molar-refractivity contribution in [3.8, 4) is 0 Å². The van der Waals surface area contributed by atoms with Crippen LogP contribution in [0.1, 0.15) is 34.1 Å². The molecule has 14 heavy (non-hydrogen) atoms. The van der Waals surface area contributed by atoms with Crippen LogP contribution in [-0.2, 0) is 4.74 Å². The second-order valence-electron chi connectivity index (χ2n) is 3.26. The molecule has 3 N–H and O–H groups in total. The summed E-state index contributed by atoms with van der Waals surface area (Å²) in [6.45, 7) is 7.55. The molecule has 0 aliphatic carbocycles. The number of hydrogen-bond donors (Lipinski definition) is 3. The van der Waals surface area contributed by atoms with Crippen molar-refractivity contribution in [2.45, 2.75) is 64.6 Å². The second kappa shape index (κ2) is 6.35. The van der Waals surface area contributed by atoms with Crippen LogP contribution in [0.4, 0.5) is 0 Å². The molecule has 86 valence electrons. The van der Waals surface area contributed by atoms with Gasteiger partial charge in [-0.15, -0.1) is 0 Å². The van der Waals surface area contributed by atoms with E-state index in [1.54, 1.807) is 6.92 Å². The van der Waals surface area contributed by atoms with E-state index in [-0.39, 0.29) is 6.10 Å². The molecule has 1 saturated heterocycles. The number of rotatable bonds is 1. The fraction of sp³-hybridized carbons (Fsp3) is 1.00. The smallest absolute Gasteiger partial charge is 0.111 e. The van der Waals surface area contributed by atoms with Crippen LogP contribution >= 0.6 is 0 Å². The SMILES string of the molecule is CC.CC[C@H]1O[C@@H](C)[C@H](O)[C@@H](O)[C@H]1O. The van der Waals surface area contributed by atoms with Gasteiger partial charge in [-0.1, -0.05) is 20.8 Å². The third-order valence-corrected chi connectivity index (χ3v) is 2.35. The minimum Gasteiger partial charge on any atom is -0.388 e. The van der Waals surface area contributed by atoms with Crippen molar-refractivity contribution in [1.82, 2.24) is 0 Å². The fourth-order valence-electron chi connectivity index (χ4n) is 1.47. The zero-order chi connectivity index (χ0) is 11.3. The van der Waals surface area contributed by atoms with E-state index in [4.69, 9.17) is 4.74 Å². The lowest BCUT2D eigenvalue weighted by atomic mass is 9.94. The standard InChI is InChI=1S/C8H16O4.C2H6/c1-3-5-7(10)8(11)6(9)4(2)12-5;1-2/h4-11H,3H2,1-2H3;1-2H3/t4-,5+,6-,7-,8+;/m0./s1. The van der Waals surface area contributed by atoms with Gasteiger partial charge in [-0.3, -0.25) is 0 Å². The Kier molecular flexibility index (Phi) is 6.27. The highest BCUT2D eigenvalue weighted by Crippen LogP contribution is 2.22. The zero-order valence-electron chi connectivity index (χ0n) is 9.34. The van der Waals surface area contributed by atoms with Gasteiger partial charge in [0.1, 0.15) is 18.3 Å². The van der Waals surface area contributed by atoms with Gasteiger partial charge < -0.3 is 20.1 Å². The Hall–Kier alpha value is -0.160. The van der Waals surface area contributed by atoms with Crippen LogP contribution < -0.4 is 0 Å². The van der Waals surface area contributed by atoms with Gasteiger partial charge in [0.15, 0.2) is 0 Å². The molecule has 0 aromatic carbocycles. The van der Waals surface area contributed by atoms with E-state index in [0.29, 0.717) is 6.42 Å². The topological polar surface area (TPSA) is 69.9 Å². The molecule has 0 aromatic heterocycles. The molecule has 0 amide bonds. The molecule has 4 nitrogen and oxygen atoms in total. The Bertz CT molecular complexity index is 146. The number of aliphatic hydroxyl groups is 3. The van der Waals surface area contributed by atoms with E-state index in [1.165, 1.54) is 0 Å². The first kappa shape index (κ1) is 13.8. The lowest BCUT2D eigenvalue weighted by Crippen LogP contribution is -2.56. The average molecular weight is 206 g/mol. The highest BCUT2D eigenvalue weighted by Gasteiger charge is 2.40. The molecule has 0 unspecified atom stereocenters. The number of hydrogen-bond acceptors (Lipinski definition) is 4. The minimum atomic E-state index is -1.08. The van der Waals surface area contributed by atoms with Gasteiger partial charge in [-0.25, -0.2) is 0 Å². The van der Waals surface area contributed by atoms with Gasteiger partial charge in [-0.2, -0.15) is 0 Å². The summed E-state index contributed by atoms with van der Waals surface area (Å²) in [5, 5.41) is 28.0. The first-order valence-corrected chi connectivity index (χ1v) is 5.27. The van der Waals surface area contributed by atoms with Gasteiger partial charge >= 0.3 is 0 Å². The van der Waals surface area contributed by atoms with Crippen molar-refractivity contribution >= 4 is 0 Å². The number of ether oxygens (including phenoxy) is 1. The van der Waals surface area contributed by atoms with Gasteiger partial charge in [-0.05, 0) is 13.3 Å². The summed E-state index contributed by atoms with van der Waals surface area (Å²) in [6, 6.07) is 0. The molecule has 1 heterocycles. The van der Waals surface area contributed by atoms with Crippen molar-refractivity contribution in [3.63, 3.8) is 0 Å². The van der Waals surface area contributed by atoms with Crippen LogP contribution in [-0.4, -0.2) is 45.8 Å². The monoisotopic (exact) mass is 206 g/mol. The summed E-state index contributed by atoms with van der Waals surface area (Å²) >= 11 is 0. The van der Waals surface area contributed by atoms with E-state index in [2.05, 4.69) is 0 Å². The van der Waals surface area contributed by atoms with Crippen LogP contribution in [0.25, 0.3) is 0 Å². The molecule has 0 saturated carbocycles. The average Bonchev–Trinajstić information content (AvgIpc) is 2.23. The minimum absolute atomic E-state index is 0.363. The number of aliphatic hydroxyl groups excluding tert-OH is 3. The lowest BCUT2D eigenvalue weighted by molar-refractivity contribution is -0.217. The molecule has 0 bridgehead atoms. The maximum absolute atomic E-state index is 9.39. The second-order valence-corrected chi connectivity index (χ2v) is 3.26. The summed E-state index contributed by atoms with van der Waals surface area (Å²) in [5.74, 6) is 0. The quantitative estimate of drug-likeness (QED) is 0.577. The molecule has 1 fully saturated rings. The van der Waals surface area contributed by atoms with Crippen molar-refractivity contribution in [2.75, 3.05) is 0 Å². The summed E-state index contributed by atoms with van der Waals surface area (Å²) in [7, 11) is 0. The lowest BCUT2D eigenvalue weighted by Gasteiger charge is -2.39. The van der Waals surface area contributed by atoms with Crippen LogP contribution in [0.15, 0.2) is 0 Å². The van der Waals surface area contributed by atoms with Crippen LogP contribution in [0.3, 0.4) is 0 Å². The summed E-state index contributed by atoms with van der Waals surface area (Å²) in [5.41, 5.74) is 0. The van der Waals surface area contributed by atoms with Gasteiger partial charge in [0, 0.05) is 0 Å². The molecule has 0 aromatic rings. The van der Waals surface area contributed by atoms with Crippen molar-refractivity contribution in [1.29, 1.82) is 0 Å². The van der Waals surface area contributed by atoms with Crippen LogP contribution in [0.2, 0.25) is 0 Å². The fourth-order valence-corrected chi connectivity index (χ4v) is 1.47. The third kappa shape index (κ3) is 2.92. The molecule has 0 spiro atoms. The summed E-state index contributed by atoms with van der Waals surface area (Å²) in [4.78, 5) is 0. The van der Waals surface area contributed by atoms with Crippen LogP contribution in [0, 0.1) is 0 Å². The van der Waals surface area contributed by atoms with Gasteiger partial charge in [0.25, 0.3) is 0 Å². The molecule has 0 radical (unpaired) electrons. The van der Waals surface area contributed by atoms with Crippen molar-refractivity contribution in [3.05, 3.63) is 0 Å². The van der Waals surface area contributed by atoms with E-state index in [9.17, 15) is 15.3 Å². The Labute approximate surface area is 85.5 Å². The van der Waals surface area contributed by atoms with Crippen LogP contribution in [0.5, 0.6) is 0 Å². The molecule has 4 heteroatoms. The normalized spacial score (nSPS) is 42.6. The zero-order valence-corrected chi connectivity index (χ0v) is 9.34. The third-order valence-electron chi connectivity index (χ3n) is 2.35. The Balaban J connectivity index is 0.000000791. The molecule has 1 aliphatic heterocycles. The maximum atomic E-state index is 9.39. The van der Waals surface area contributed by atoms with Crippen molar-refractivity contribution in [2.24, 2.45) is 0 Å². The largest absolute Gasteiger partial charge is 0.388 e. The Morgan fingerprint density at radius 3 is 1.93 bits per heavy atom. The molecule has 1 aliphatic rings. The predicted octanol–water partition coefficient (Wildman–Crippen LogP) is 0.293. The Morgan fingerprint density at radius 1 is 1.00 bits per heavy atom. The van der Waals surface area contributed by atoms with E-state index in [1.807, 2.05) is 20.8 Å². The summed E-state index contributed by atoms with van der Waals surface area (Å²) < 4.78 is 5.27.